The third kappa shape index (κ3) is 7.49. The number of nitrogens with zero attached hydrogens (tertiary/aromatic N) is 1. The summed E-state index contributed by atoms with van der Waals surface area (Å²) in [5, 5.41) is 9.67. The summed E-state index contributed by atoms with van der Waals surface area (Å²) >= 11 is 1.66. The van der Waals surface area contributed by atoms with Crippen LogP contribution in [0, 0.1) is 10.1 Å². The molecule has 0 aromatic carbocycles. The predicted molar refractivity (Wildman–Crippen MR) is 39.1 cm³/mol. The molecule has 0 saturated heterocycles. The van der Waals surface area contributed by atoms with Crippen LogP contribution >= 0.6 is 11.8 Å². The molecule has 3 nitrogen and oxygen atoms in total. The Hall–Kier alpha value is -0.510. The van der Waals surface area contributed by atoms with E-state index in [9.17, 15) is 10.1 Å². The first kappa shape index (κ1) is 8.49. The van der Waals surface area contributed by atoms with Crippen LogP contribution in [0.3, 0.4) is 0 Å². The van der Waals surface area contributed by atoms with Crippen LogP contribution in [0.15, 0.2) is 12.3 Å². The maximum absolute atomic E-state index is 9.67. The van der Waals surface area contributed by atoms with Crippen LogP contribution in [-0.4, -0.2) is 16.4 Å². The van der Waals surface area contributed by atoms with Crippen LogP contribution in [0.25, 0.3) is 0 Å². The zero-order valence-corrected chi connectivity index (χ0v) is 6.06. The van der Waals surface area contributed by atoms with E-state index in [0.29, 0.717) is 0 Å². The van der Waals surface area contributed by atoms with E-state index < -0.39 is 4.92 Å². The number of hydrogen-bond donors (Lipinski definition) is 0. The molecule has 52 valence electrons. The summed E-state index contributed by atoms with van der Waals surface area (Å²) in [5.41, 5.74) is 0. The molecule has 0 amide bonds. The number of nitro groups is 1. The third-order valence-electron chi connectivity index (χ3n) is 0.645. The van der Waals surface area contributed by atoms with Crippen LogP contribution in [0.5, 0.6) is 0 Å². The zero-order valence-electron chi connectivity index (χ0n) is 5.24. The third-order valence-corrected chi connectivity index (χ3v) is 1.48. The summed E-state index contributed by atoms with van der Waals surface area (Å²) in [6.45, 7) is 2.02. The van der Waals surface area contributed by atoms with Crippen molar-refractivity contribution in [3.05, 3.63) is 22.4 Å². The number of hydrogen-bond acceptors (Lipinski definition) is 3. The van der Waals surface area contributed by atoms with Gasteiger partial charge in [0.25, 0.3) is 0 Å². The van der Waals surface area contributed by atoms with Crippen LogP contribution in [0.4, 0.5) is 0 Å². The molecule has 0 aliphatic rings. The minimum atomic E-state index is -0.448. The molecule has 0 heterocycles. The largest absolute Gasteiger partial charge is 0.259 e. The standard InChI is InChI=1S/C5H9NO2S/c1-2-9-5-3-4-6(7)8/h3-4H,2,5H2,1H3/b4-3+. The van der Waals surface area contributed by atoms with Crippen molar-refractivity contribution in [3.8, 4) is 0 Å². The molecular formula is C5H9NO2S. The first-order valence-electron chi connectivity index (χ1n) is 2.65. The van der Waals surface area contributed by atoms with Gasteiger partial charge in [-0.25, -0.2) is 0 Å². The molecule has 0 aliphatic heterocycles. The van der Waals surface area contributed by atoms with E-state index in [-0.39, 0.29) is 0 Å². The molecule has 0 saturated carbocycles. The van der Waals surface area contributed by atoms with Gasteiger partial charge in [0.2, 0.25) is 6.20 Å². The minimum Gasteiger partial charge on any atom is -0.259 e. The fraction of sp³-hybridized carbons (Fsp3) is 0.600. The van der Waals surface area contributed by atoms with Gasteiger partial charge in [-0.2, -0.15) is 11.8 Å². The van der Waals surface area contributed by atoms with E-state index in [0.717, 1.165) is 17.7 Å². The SMILES string of the molecule is CCSC/C=C/[N+](=O)[O-]. The Morgan fingerprint density at radius 1 is 1.78 bits per heavy atom. The zero-order chi connectivity index (χ0) is 7.11. The Morgan fingerprint density at radius 3 is 2.89 bits per heavy atom. The van der Waals surface area contributed by atoms with E-state index in [1.165, 1.54) is 0 Å². The summed E-state index contributed by atoms with van der Waals surface area (Å²) in [5.74, 6) is 1.74. The molecular weight excluding hydrogens is 138 g/mol. The Bertz CT molecular complexity index is 114. The Balaban J connectivity index is 3.15. The van der Waals surface area contributed by atoms with Gasteiger partial charge in [0, 0.05) is 5.75 Å². The minimum absolute atomic E-state index is 0.448. The van der Waals surface area contributed by atoms with Gasteiger partial charge < -0.3 is 0 Å². The Kier molecular flexibility index (Phi) is 5.30. The lowest BCUT2D eigenvalue weighted by Crippen LogP contribution is -1.83. The highest BCUT2D eigenvalue weighted by molar-refractivity contribution is 7.99. The van der Waals surface area contributed by atoms with Crippen molar-refractivity contribution < 1.29 is 4.92 Å². The van der Waals surface area contributed by atoms with Crippen LogP contribution < -0.4 is 0 Å². The monoisotopic (exact) mass is 147 g/mol. The van der Waals surface area contributed by atoms with Gasteiger partial charge in [-0.05, 0) is 11.8 Å². The van der Waals surface area contributed by atoms with Gasteiger partial charge in [0.05, 0.1) is 4.92 Å². The van der Waals surface area contributed by atoms with Crippen molar-refractivity contribution in [2.75, 3.05) is 11.5 Å². The van der Waals surface area contributed by atoms with Crippen molar-refractivity contribution >= 4 is 11.8 Å². The quantitative estimate of drug-likeness (QED) is 0.344. The fourth-order valence-corrected chi connectivity index (χ4v) is 0.773. The van der Waals surface area contributed by atoms with Gasteiger partial charge in [-0.3, -0.25) is 10.1 Å². The van der Waals surface area contributed by atoms with Gasteiger partial charge in [0.15, 0.2) is 0 Å². The molecule has 0 aliphatic carbocycles. The number of rotatable bonds is 4. The van der Waals surface area contributed by atoms with Crippen LogP contribution in [-0.2, 0) is 0 Å². The van der Waals surface area contributed by atoms with Crippen LogP contribution in [0.2, 0.25) is 0 Å². The highest BCUT2D eigenvalue weighted by Gasteiger charge is 1.82. The van der Waals surface area contributed by atoms with Gasteiger partial charge in [-0.15, -0.1) is 0 Å². The predicted octanol–water partition coefficient (Wildman–Crippen LogP) is 1.53. The molecule has 0 radical (unpaired) electrons. The molecule has 0 aromatic heterocycles. The van der Waals surface area contributed by atoms with E-state index in [1.54, 1.807) is 17.8 Å². The Labute approximate surface area is 58.3 Å². The smallest absolute Gasteiger partial charge is 0.231 e. The van der Waals surface area contributed by atoms with E-state index in [4.69, 9.17) is 0 Å². The first-order valence-corrected chi connectivity index (χ1v) is 3.80. The highest BCUT2D eigenvalue weighted by atomic mass is 32.2. The van der Waals surface area contributed by atoms with Crippen molar-refractivity contribution in [3.63, 3.8) is 0 Å². The molecule has 4 heteroatoms. The molecule has 9 heavy (non-hydrogen) atoms. The summed E-state index contributed by atoms with van der Waals surface area (Å²) in [4.78, 5) is 9.22. The second kappa shape index (κ2) is 5.62. The Morgan fingerprint density at radius 2 is 2.44 bits per heavy atom. The summed E-state index contributed by atoms with van der Waals surface area (Å²) in [6.07, 6.45) is 2.52. The summed E-state index contributed by atoms with van der Waals surface area (Å²) < 4.78 is 0. The molecule has 0 rings (SSSR count). The topological polar surface area (TPSA) is 43.1 Å². The molecule has 0 fully saturated rings. The maximum Gasteiger partial charge on any atom is 0.231 e. The lowest BCUT2D eigenvalue weighted by atomic mass is 10.7. The average Bonchev–Trinajstić information content (AvgIpc) is 1.80. The number of thioether (sulfide) groups is 1. The lowest BCUT2D eigenvalue weighted by Gasteiger charge is -1.84. The second-order valence-electron chi connectivity index (χ2n) is 1.33. The molecule has 0 spiro atoms. The lowest BCUT2D eigenvalue weighted by molar-refractivity contribution is -0.402. The summed E-state index contributed by atoms with van der Waals surface area (Å²) in [7, 11) is 0. The van der Waals surface area contributed by atoms with Crippen molar-refractivity contribution in [1.82, 2.24) is 0 Å². The van der Waals surface area contributed by atoms with Gasteiger partial charge in [-0.1, -0.05) is 6.92 Å². The van der Waals surface area contributed by atoms with E-state index >= 15 is 0 Å². The second-order valence-corrected chi connectivity index (χ2v) is 2.65. The molecule has 0 atom stereocenters. The average molecular weight is 147 g/mol. The maximum atomic E-state index is 9.67. The van der Waals surface area contributed by atoms with E-state index in [2.05, 4.69) is 0 Å². The van der Waals surface area contributed by atoms with Crippen LogP contribution in [0.1, 0.15) is 6.92 Å². The van der Waals surface area contributed by atoms with Gasteiger partial charge >= 0.3 is 0 Å². The molecule has 0 N–H and O–H groups in total. The molecule has 0 bridgehead atoms. The van der Waals surface area contributed by atoms with Crippen molar-refractivity contribution in [2.24, 2.45) is 0 Å². The highest BCUT2D eigenvalue weighted by Crippen LogP contribution is 1.97. The van der Waals surface area contributed by atoms with Gasteiger partial charge in [0.1, 0.15) is 0 Å². The molecule has 0 aromatic rings. The van der Waals surface area contributed by atoms with E-state index in [1.807, 2.05) is 6.92 Å². The fourth-order valence-electron chi connectivity index (χ4n) is 0.315. The normalized spacial score (nSPS) is 10.3. The summed E-state index contributed by atoms with van der Waals surface area (Å²) in [6, 6.07) is 0. The van der Waals surface area contributed by atoms with Crippen molar-refractivity contribution in [1.29, 1.82) is 0 Å². The molecule has 0 unspecified atom stereocenters. The van der Waals surface area contributed by atoms with Crippen molar-refractivity contribution in [2.45, 2.75) is 6.92 Å². The first-order chi connectivity index (χ1) is 4.27.